The summed E-state index contributed by atoms with van der Waals surface area (Å²) in [4.78, 5) is 3.81. The molecule has 0 spiro atoms. The first-order valence-electron chi connectivity index (χ1n) is 7.49. The van der Waals surface area contributed by atoms with Crippen LogP contribution in [0.4, 0.5) is 0 Å². The highest BCUT2D eigenvalue weighted by Crippen LogP contribution is 2.49. The zero-order valence-corrected chi connectivity index (χ0v) is 14.9. The molecule has 1 unspecified atom stereocenters. The third-order valence-corrected chi connectivity index (χ3v) is 5.07. The Kier molecular flexibility index (Phi) is 5.45. The lowest BCUT2D eigenvalue weighted by molar-refractivity contribution is -0.00825. The molecule has 0 aliphatic heterocycles. The summed E-state index contributed by atoms with van der Waals surface area (Å²) in [5.41, 5.74) is 5.97. The number of thiocarbonyl (C=S) groups is 1. The molecular weight excluding hydrogens is 330 g/mol. The van der Waals surface area contributed by atoms with Gasteiger partial charge in [-0.25, -0.2) is 4.99 Å². The van der Waals surface area contributed by atoms with Gasteiger partial charge in [-0.15, -0.1) is 0 Å². The quantitative estimate of drug-likeness (QED) is 0.444. The third-order valence-electron chi connectivity index (χ3n) is 4.57. The van der Waals surface area contributed by atoms with Gasteiger partial charge in [0.05, 0.1) is 12.9 Å². The van der Waals surface area contributed by atoms with Gasteiger partial charge in [0.1, 0.15) is 5.60 Å². The summed E-state index contributed by atoms with van der Waals surface area (Å²) in [5, 5.41) is 15.3. The number of rotatable bonds is 3. The van der Waals surface area contributed by atoms with E-state index in [0.717, 1.165) is 30.3 Å². The average Bonchev–Trinajstić information content (AvgIpc) is 2.72. The van der Waals surface area contributed by atoms with Crippen molar-refractivity contribution in [1.29, 1.82) is 0 Å². The maximum atomic E-state index is 11.3. The van der Waals surface area contributed by atoms with E-state index in [1.807, 2.05) is 30.3 Å². The van der Waals surface area contributed by atoms with Gasteiger partial charge in [0.2, 0.25) is 0 Å². The van der Waals surface area contributed by atoms with Crippen LogP contribution in [-0.4, -0.2) is 28.7 Å². The summed E-state index contributed by atoms with van der Waals surface area (Å²) in [6.07, 6.45) is 4.91. The van der Waals surface area contributed by atoms with E-state index in [1.54, 1.807) is 0 Å². The molecule has 1 fully saturated rings. The molecule has 4 nitrogen and oxygen atoms in total. The fourth-order valence-electron chi connectivity index (χ4n) is 2.92. The first kappa shape index (κ1) is 17.9. The highest BCUT2D eigenvalue weighted by molar-refractivity contribution is 7.80. The lowest BCUT2D eigenvalue weighted by Gasteiger charge is -2.38. The van der Waals surface area contributed by atoms with Gasteiger partial charge in [-0.05, 0) is 53.7 Å². The fraction of sp³-hybridized carbons (Fsp3) is 0.412. The second kappa shape index (κ2) is 6.99. The summed E-state index contributed by atoms with van der Waals surface area (Å²) in [6, 6.07) is 7.57. The normalized spacial score (nSPS) is 25.1. The van der Waals surface area contributed by atoms with Crippen LogP contribution >= 0.6 is 23.8 Å². The molecule has 1 aromatic carbocycles. The van der Waals surface area contributed by atoms with Crippen molar-refractivity contribution in [3.63, 3.8) is 0 Å². The van der Waals surface area contributed by atoms with E-state index >= 15 is 0 Å². The molecule has 0 bridgehead atoms. The molecule has 1 aliphatic rings. The van der Waals surface area contributed by atoms with Crippen molar-refractivity contribution in [1.82, 2.24) is 5.32 Å². The topological polar surface area (TPSA) is 70.6 Å². The van der Waals surface area contributed by atoms with Crippen LogP contribution in [0.15, 0.2) is 34.8 Å². The summed E-state index contributed by atoms with van der Waals surface area (Å²) in [7, 11) is 0. The van der Waals surface area contributed by atoms with E-state index in [1.165, 1.54) is 0 Å². The van der Waals surface area contributed by atoms with Crippen molar-refractivity contribution >= 4 is 41.3 Å². The summed E-state index contributed by atoms with van der Waals surface area (Å²) in [5.74, 6) is 0. The molecule has 0 heterocycles. The number of aliphatic hydroxyl groups is 1. The van der Waals surface area contributed by atoms with E-state index in [4.69, 9.17) is 29.6 Å². The molecule has 1 aliphatic carbocycles. The smallest absolute Gasteiger partial charge is 0.194 e. The monoisotopic (exact) mass is 351 g/mol. The minimum absolute atomic E-state index is 0.264. The fourth-order valence-corrected chi connectivity index (χ4v) is 3.18. The molecule has 124 valence electrons. The molecule has 4 N–H and O–H groups in total. The number of halogens is 1. The number of nitrogens with two attached hydrogens (primary N) is 1. The maximum Gasteiger partial charge on any atom is 0.194 e. The van der Waals surface area contributed by atoms with Crippen LogP contribution in [0.1, 0.15) is 32.3 Å². The highest BCUT2D eigenvalue weighted by atomic mass is 35.5. The largest absolute Gasteiger partial charge is 0.390 e. The van der Waals surface area contributed by atoms with Crippen molar-refractivity contribution in [3.05, 3.63) is 40.4 Å². The van der Waals surface area contributed by atoms with E-state index in [9.17, 15) is 5.11 Å². The Bertz CT molecular complexity index is 640. The lowest BCUT2D eigenvalue weighted by Crippen LogP contribution is -2.50. The van der Waals surface area contributed by atoms with Crippen molar-refractivity contribution < 1.29 is 5.11 Å². The second-order valence-corrected chi connectivity index (χ2v) is 7.23. The molecule has 6 heteroatoms. The van der Waals surface area contributed by atoms with E-state index in [2.05, 4.69) is 24.2 Å². The first-order chi connectivity index (χ1) is 10.8. The Hall–Kier alpha value is -1.43. The Labute approximate surface area is 147 Å². The Balaban J connectivity index is 2.27. The number of hydrogen-bond acceptors (Lipinski definition) is 2. The van der Waals surface area contributed by atoms with E-state index < -0.39 is 5.60 Å². The van der Waals surface area contributed by atoms with Gasteiger partial charge in [-0.3, -0.25) is 0 Å². The standard InChI is InChI=1S/C17H22ClN3OS/c1-16(2)8-7-13(9-12-3-5-14(18)6-4-12)17(16,22)10-20-15(23)21-11-19/h3-6,9,11,22H,7-8,10H2,1-2H3,(H3,19,20,21,23)/b13-9-. The first-order valence-corrected chi connectivity index (χ1v) is 8.28. The van der Waals surface area contributed by atoms with Crippen LogP contribution in [0, 0.1) is 5.41 Å². The van der Waals surface area contributed by atoms with Gasteiger partial charge in [-0.1, -0.05) is 43.7 Å². The summed E-state index contributed by atoms with van der Waals surface area (Å²) in [6.45, 7) is 4.43. The molecular formula is C17H22ClN3OS. The van der Waals surface area contributed by atoms with Gasteiger partial charge < -0.3 is 16.2 Å². The van der Waals surface area contributed by atoms with Crippen molar-refractivity contribution in [2.24, 2.45) is 16.1 Å². The predicted molar refractivity (Wildman–Crippen MR) is 101 cm³/mol. The Morgan fingerprint density at radius 2 is 2.09 bits per heavy atom. The second-order valence-electron chi connectivity index (χ2n) is 6.40. The zero-order valence-electron chi connectivity index (χ0n) is 13.3. The summed E-state index contributed by atoms with van der Waals surface area (Å²) < 4.78 is 0. The number of hydrogen-bond donors (Lipinski definition) is 3. The Morgan fingerprint density at radius 3 is 2.70 bits per heavy atom. The van der Waals surface area contributed by atoms with E-state index in [-0.39, 0.29) is 10.5 Å². The minimum Gasteiger partial charge on any atom is -0.390 e. The number of nitrogens with zero attached hydrogens (tertiary/aromatic N) is 1. The van der Waals surface area contributed by atoms with Crippen LogP contribution in [-0.2, 0) is 0 Å². The van der Waals surface area contributed by atoms with Crippen LogP contribution in [0.5, 0.6) is 0 Å². The van der Waals surface area contributed by atoms with Gasteiger partial charge in [-0.2, -0.15) is 0 Å². The van der Waals surface area contributed by atoms with Crippen LogP contribution in [0.2, 0.25) is 5.02 Å². The molecule has 0 aromatic heterocycles. The highest BCUT2D eigenvalue weighted by Gasteiger charge is 2.50. The zero-order chi connectivity index (χ0) is 17.1. The van der Waals surface area contributed by atoms with E-state index in [0.29, 0.717) is 11.6 Å². The van der Waals surface area contributed by atoms with Crippen molar-refractivity contribution in [2.45, 2.75) is 32.3 Å². The molecule has 1 atom stereocenters. The van der Waals surface area contributed by atoms with Crippen molar-refractivity contribution in [3.8, 4) is 0 Å². The summed E-state index contributed by atoms with van der Waals surface area (Å²) >= 11 is 11.0. The number of benzene rings is 1. The third kappa shape index (κ3) is 3.91. The Morgan fingerprint density at radius 1 is 1.43 bits per heavy atom. The van der Waals surface area contributed by atoms with Crippen LogP contribution < -0.4 is 11.1 Å². The van der Waals surface area contributed by atoms with Gasteiger partial charge in [0, 0.05) is 5.02 Å². The number of aliphatic imine (C=N–C) groups is 1. The predicted octanol–water partition coefficient (Wildman–Crippen LogP) is 3.14. The molecule has 0 saturated heterocycles. The van der Waals surface area contributed by atoms with Crippen LogP contribution in [0.25, 0.3) is 6.08 Å². The van der Waals surface area contributed by atoms with Crippen molar-refractivity contribution in [2.75, 3.05) is 6.54 Å². The van der Waals surface area contributed by atoms with Gasteiger partial charge >= 0.3 is 0 Å². The lowest BCUT2D eigenvalue weighted by atomic mass is 9.76. The SMILES string of the molecule is CC1(C)CC/C(=C/c2ccc(Cl)cc2)C1(O)CNC(=S)/N=C\N. The molecule has 0 radical (unpaired) electrons. The molecule has 2 rings (SSSR count). The van der Waals surface area contributed by atoms with Crippen LogP contribution in [0.3, 0.4) is 0 Å². The molecule has 1 saturated carbocycles. The maximum absolute atomic E-state index is 11.3. The minimum atomic E-state index is -0.999. The van der Waals surface area contributed by atoms with Gasteiger partial charge in [0.15, 0.2) is 5.11 Å². The number of nitrogens with one attached hydrogen (secondary N) is 1. The average molecular weight is 352 g/mol. The molecule has 1 aromatic rings. The molecule has 0 amide bonds. The van der Waals surface area contributed by atoms with Gasteiger partial charge in [0.25, 0.3) is 0 Å². The molecule has 23 heavy (non-hydrogen) atoms.